The summed E-state index contributed by atoms with van der Waals surface area (Å²) in [5.74, 6) is 0.755. The largest absolute Gasteiger partial charge is 0.494 e. The highest BCUT2D eigenvalue weighted by Gasteiger charge is 2.11. The molecule has 0 atom stereocenters. The summed E-state index contributed by atoms with van der Waals surface area (Å²) in [7, 11) is 1.64. The summed E-state index contributed by atoms with van der Waals surface area (Å²) in [4.78, 5) is 0. The zero-order valence-electron chi connectivity index (χ0n) is 10.6. The molecule has 2 N–H and O–H groups in total. The molecule has 0 fully saturated rings. The maximum atomic E-state index is 5.60. The van der Waals surface area contributed by atoms with Gasteiger partial charge in [-0.05, 0) is 29.8 Å². The van der Waals surface area contributed by atoms with Crippen LogP contribution < -0.4 is 10.5 Å². The maximum Gasteiger partial charge on any atom is 0.146 e. The van der Waals surface area contributed by atoms with Crippen LogP contribution in [0.3, 0.4) is 0 Å². The van der Waals surface area contributed by atoms with Gasteiger partial charge in [-0.1, -0.05) is 23.4 Å². The first kappa shape index (κ1) is 11.7. The molecular formula is C14H14N4O. The van der Waals surface area contributed by atoms with Gasteiger partial charge in [0, 0.05) is 6.54 Å². The van der Waals surface area contributed by atoms with Crippen LogP contribution in [-0.2, 0) is 6.54 Å². The first-order chi connectivity index (χ1) is 9.33. The van der Waals surface area contributed by atoms with Crippen molar-refractivity contribution in [2.45, 2.75) is 6.54 Å². The number of hydrogen-bond donors (Lipinski definition) is 1. The number of benzene rings is 2. The molecule has 5 heteroatoms. The molecule has 3 aromatic rings. The molecule has 2 aromatic carbocycles. The van der Waals surface area contributed by atoms with Crippen molar-refractivity contribution in [3.63, 3.8) is 0 Å². The number of methoxy groups -OCH3 is 1. The Morgan fingerprint density at radius 1 is 1.16 bits per heavy atom. The lowest BCUT2D eigenvalue weighted by atomic mass is 10.2. The summed E-state index contributed by atoms with van der Waals surface area (Å²) in [6, 6.07) is 13.6. The molecule has 0 saturated heterocycles. The zero-order chi connectivity index (χ0) is 13.2. The Balaban J connectivity index is 2.18. The number of rotatable bonds is 3. The van der Waals surface area contributed by atoms with Crippen molar-refractivity contribution in [2.75, 3.05) is 7.11 Å². The van der Waals surface area contributed by atoms with Crippen LogP contribution >= 0.6 is 0 Å². The molecule has 5 nitrogen and oxygen atoms in total. The minimum Gasteiger partial charge on any atom is -0.494 e. The van der Waals surface area contributed by atoms with Gasteiger partial charge in [0.1, 0.15) is 16.8 Å². The quantitative estimate of drug-likeness (QED) is 0.775. The SMILES string of the molecule is COc1cccc2nnn(-c3ccc(CN)cc3)c12. The van der Waals surface area contributed by atoms with Gasteiger partial charge in [-0.2, -0.15) is 0 Å². The van der Waals surface area contributed by atoms with Gasteiger partial charge in [-0.3, -0.25) is 0 Å². The smallest absolute Gasteiger partial charge is 0.146 e. The molecule has 0 saturated carbocycles. The molecule has 0 spiro atoms. The Morgan fingerprint density at radius 2 is 1.95 bits per heavy atom. The van der Waals surface area contributed by atoms with Crippen molar-refractivity contribution in [3.05, 3.63) is 48.0 Å². The molecule has 96 valence electrons. The van der Waals surface area contributed by atoms with Gasteiger partial charge in [0.2, 0.25) is 0 Å². The molecule has 1 heterocycles. The number of fused-ring (bicyclic) bond motifs is 1. The average Bonchev–Trinajstić information content (AvgIpc) is 2.91. The van der Waals surface area contributed by atoms with Crippen LogP contribution in [0.1, 0.15) is 5.56 Å². The molecule has 1 aromatic heterocycles. The van der Waals surface area contributed by atoms with E-state index in [0.29, 0.717) is 6.54 Å². The lowest BCUT2D eigenvalue weighted by molar-refractivity contribution is 0.418. The van der Waals surface area contributed by atoms with Gasteiger partial charge in [0.05, 0.1) is 12.8 Å². The lowest BCUT2D eigenvalue weighted by Crippen LogP contribution is -2.00. The molecule has 0 aliphatic heterocycles. The van der Waals surface area contributed by atoms with E-state index in [-0.39, 0.29) is 0 Å². The van der Waals surface area contributed by atoms with Gasteiger partial charge in [-0.25, -0.2) is 4.68 Å². The number of nitrogens with two attached hydrogens (primary N) is 1. The molecular weight excluding hydrogens is 240 g/mol. The van der Waals surface area contributed by atoms with Crippen molar-refractivity contribution < 1.29 is 4.74 Å². The number of para-hydroxylation sites is 1. The standard InChI is InChI=1S/C14H14N4O/c1-19-13-4-2-3-12-14(13)18(17-16-12)11-7-5-10(9-15)6-8-11/h2-8H,9,15H2,1H3. The van der Waals surface area contributed by atoms with Crippen molar-refractivity contribution in [3.8, 4) is 11.4 Å². The highest BCUT2D eigenvalue weighted by atomic mass is 16.5. The normalized spacial score (nSPS) is 10.8. The summed E-state index contributed by atoms with van der Waals surface area (Å²) in [6.07, 6.45) is 0. The van der Waals surface area contributed by atoms with Crippen LogP contribution in [-0.4, -0.2) is 22.1 Å². The highest BCUT2D eigenvalue weighted by molar-refractivity contribution is 5.82. The fraction of sp³-hybridized carbons (Fsp3) is 0.143. The van der Waals surface area contributed by atoms with Crippen LogP contribution in [0.25, 0.3) is 16.7 Å². The first-order valence-corrected chi connectivity index (χ1v) is 6.01. The molecule has 0 radical (unpaired) electrons. The zero-order valence-corrected chi connectivity index (χ0v) is 10.6. The monoisotopic (exact) mass is 254 g/mol. The number of nitrogens with zero attached hydrogens (tertiary/aromatic N) is 3. The van der Waals surface area contributed by atoms with Crippen molar-refractivity contribution in [2.24, 2.45) is 5.73 Å². The van der Waals surface area contributed by atoms with Gasteiger partial charge in [-0.15, -0.1) is 5.10 Å². The Morgan fingerprint density at radius 3 is 2.63 bits per heavy atom. The van der Waals surface area contributed by atoms with E-state index in [1.54, 1.807) is 11.8 Å². The van der Waals surface area contributed by atoms with E-state index in [1.165, 1.54) is 0 Å². The molecule has 0 bridgehead atoms. The minimum absolute atomic E-state index is 0.529. The van der Waals surface area contributed by atoms with Crippen molar-refractivity contribution in [1.29, 1.82) is 0 Å². The molecule has 0 amide bonds. The molecule has 0 aliphatic carbocycles. The van der Waals surface area contributed by atoms with E-state index in [9.17, 15) is 0 Å². The fourth-order valence-electron chi connectivity index (χ4n) is 2.06. The third kappa shape index (κ3) is 1.94. The topological polar surface area (TPSA) is 66.0 Å². The van der Waals surface area contributed by atoms with Crippen LogP contribution in [0.15, 0.2) is 42.5 Å². The Hall–Kier alpha value is -2.40. The minimum atomic E-state index is 0.529. The second-order valence-corrected chi connectivity index (χ2v) is 4.20. The molecule has 3 rings (SSSR count). The summed E-state index contributed by atoms with van der Waals surface area (Å²) in [5.41, 5.74) is 9.29. The van der Waals surface area contributed by atoms with E-state index in [4.69, 9.17) is 10.5 Å². The second kappa shape index (κ2) is 4.70. The maximum absolute atomic E-state index is 5.60. The summed E-state index contributed by atoms with van der Waals surface area (Å²) < 4.78 is 7.14. The molecule has 0 aliphatic rings. The van der Waals surface area contributed by atoms with Gasteiger partial charge in [0.15, 0.2) is 0 Å². The lowest BCUT2D eigenvalue weighted by Gasteiger charge is -2.06. The summed E-state index contributed by atoms with van der Waals surface area (Å²) in [6.45, 7) is 0.529. The number of aromatic nitrogens is 3. The summed E-state index contributed by atoms with van der Waals surface area (Å²) >= 11 is 0. The fourth-order valence-corrected chi connectivity index (χ4v) is 2.06. The van der Waals surface area contributed by atoms with E-state index in [2.05, 4.69) is 10.3 Å². The Kier molecular flexibility index (Phi) is 2.89. The van der Waals surface area contributed by atoms with E-state index in [1.807, 2.05) is 42.5 Å². The van der Waals surface area contributed by atoms with Crippen LogP contribution in [0.5, 0.6) is 5.75 Å². The third-order valence-corrected chi connectivity index (χ3v) is 3.07. The van der Waals surface area contributed by atoms with Gasteiger partial charge < -0.3 is 10.5 Å². The highest BCUT2D eigenvalue weighted by Crippen LogP contribution is 2.25. The van der Waals surface area contributed by atoms with Crippen molar-refractivity contribution >= 4 is 11.0 Å². The predicted octanol–water partition coefficient (Wildman–Crippen LogP) is 1.89. The Labute approximate surface area is 110 Å². The second-order valence-electron chi connectivity index (χ2n) is 4.20. The molecule has 0 unspecified atom stereocenters. The van der Waals surface area contributed by atoms with Crippen LogP contribution in [0, 0.1) is 0 Å². The third-order valence-electron chi connectivity index (χ3n) is 3.07. The number of hydrogen-bond acceptors (Lipinski definition) is 4. The predicted molar refractivity (Wildman–Crippen MR) is 73.3 cm³/mol. The Bertz CT molecular complexity index is 703. The van der Waals surface area contributed by atoms with Gasteiger partial charge >= 0.3 is 0 Å². The average molecular weight is 254 g/mol. The van der Waals surface area contributed by atoms with E-state index >= 15 is 0 Å². The molecule has 19 heavy (non-hydrogen) atoms. The first-order valence-electron chi connectivity index (χ1n) is 6.01. The van der Waals surface area contributed by atoms with Crippen LogP contribution in [0.2, 0.25) is 0 Å². The van der Waals surface area contributed by atoms with Crippen LogP contribution in [0.4, 0.5) is 0 Å². The number of ether oxygens (including phenoxy) is 1. The summed E-state index contributed by atoms with van der Waals surface area (Å²) in [5, 5.41) is 8.34. The van der Waals surface area contributed by atoms with E-state index in [0.717, 1.165) is 28.0 Å². The van der Waals surface area contributed by atoms with Crippen molar-refractivity contribution in [1.82, 2.24) is 15.0 Å². The van der Waals surface area contributed by atoms with E-state index < -0.39 is 0 Å². The van der Waals surface area contributed by atoms with Gasteiger partial charge in [0.25, 0.3) is 0 Å².